The maximum atomic E-state index is 13.8. The van der Waals surface area contributed by atoms with E-state index in [1.807, 2.05) is 12.9 Å². The summed E-state index contributed by atoms with van der Waals surface area (Å²) >= 11 is 0. The highest BCUT2D eigenvalue weighted by Gasteiger charge is 2.26. The molecule has 0 saturated carbocycles. The van der Waals surface area contributed by atoms with E-state index in [4.69, 9.17) is 5.26 Å². The number of benzene rings is 1. The molecular weight excluding hydrogens is 278 g/mol. The zero-order valence-corrected chi connectivity index (χ0v) is 13.0. The van der Waals surface area contributed by atoms with Gasteiger partial charge in [-0.25, -0.2) is 9.65 Å². The van der Waals surface area contributed by atoms with Gasteiger partial charge in [0.05, 0.1) is 11.1 Å². The lowest BCUT2D eigenvalue weighted by atomic mass is 9.50. The lowest BCUT2D eigenvalue weighted by Gasteiger charge is -2.25. The molecule has 2 aromatic rings. The zero-order valence-electron chi connectivity index (χ0n) is 13.0. The van der Waals surface area contributed by atoms with Gasteiger partial charge in [0.1, 0.15) is 5.82 Å². The summed E-state index contributed by atoms with van der Waals surface area (Å²) in [6.07, 6.45) is 4.62. The van der Waals surface area contributed by atoms with Gasteiger partial charge in [0.25, 0.3) is 6.71 Å². The third-order valence-electron chi connectivity index (χ3n) is 4.04. The van der Waals surface area contributed by atoms with Gasteiger partial charge in [-0.3, -0.25) is 4.98 Å². The van der Waals surface area contributed by atoms with Crippen LogP contribution >= 0.6 is 0 Å². The van der Waals surface area contributed by atoms with Crippen LogP contribution in [0.15, 0.2) is 30.5 Å². The Bertz CT molecular complexity index is 697. The molecule has 0 radical (unpaired) electrons. The van der Waals surface area contributed by atoms with Gasteiger partial charge < -0.3 is 5.11 Å². The van der Waals surface area contributed by atoms with E-state index in [-0.39, 0.29) is 12.5 Å². The van der Waals surface area contributed by atoms with Crippen LogP contribution in [0.5, 0.6) is 0 Å². The summed E-state index contributed by atoms with van der Waals surface area (Å²) < 4.78 is 13.8. The zero-order chi connectivity index (χ0) is 16.2. The molecule has 2 rings (SSSR count). The molecule has 22 heavy (non-hydrogen) atoms. The van der Waals surface area contributed by atoms with Crippen LogP contribution in [0, 0.1) is 17.0 Å². The van der Waals surface area contributed by atoms with Crippen LogP contribution in [0.25, 0.3) is 10.9 Å². The Kier molecular flexibility index (Phi) is 5.15. The number of rotatable bonds is 6. The van der Waals surface area contributed by atoms with Crippen molar-refractivity contribution in [2.24, 2.45) is 0 Å². The minimum absolute atomic E-state index is 0.0316. The molecule has 0 aliphatic heterocycles. The van der Waals surface area contributed by atoms with E-state index in [1.54, 1.807) is 19.2 Å². The Balaban J connectivity index is 2.17. The molecule has 114 valence electrons. The van der Waals surface area contributed by atoms with E-state index in [0.717, 1.165) is 24.5 Å². The molecule has 1 atom stereocenters. The number of pyridine rings is 1. The van der Waals surface area contributed by atoms with Gasteiger partial charge in [-0.1, -0.05) is 32.1 Å². The van der Waals surface area contributed by atoms with E-state index in [9.17, 15) is 9.50 Å². The van der Waals surface area contributed by atoms with Crippen molar-refractivity contribution in [3.63, 3.8) is 0 Å². The summed E-state index contributed by atoms with van der Waals surface area (Å²) in [5.41, 5.74) is 0.0130. The smallest absolute Gasteiger partial charge is 0.264 e. The fourth-order valence-electron chi connectivity index (χ4n) is 2.71. The van der Waals surface area contributed by atoms with Crippen LogP contribution < -0.4 is 0 Å². The molecule has 1 aromatic heterocycles. The molecular formula is C17H20BFN2O. The number of nitriles is 1. The van der Waals surface area contributed by atoms with E-state index in [0.29, 0.717) is 17.5 Å². The van der Waals surface area contributed by atoms with Crippen molar-refractivity contribution in [3.05, 3.63) is 41.8 Å². The fraction of sp³-hybridized carbons (Fsp3) is 0.412. The third kappa shape index (κ3) is 3.83. The largest absolute Gasteiger partial charge is 0.385 e. The van der Waals surface area contributed by atoms with Crippen molar-refractivity contribution in [2.45, 2.75) is 44.9 Å². The maximum Gasteiger partial charge on any atom is 0.264 e. The standard InChI is InChI=1S/C17H20BFN2O/c1-17(22,7-3-4-8-18(2)12-20)15-10-13(19)11-16-14(15)6-5-9-21-16/h5-6,9-11,22H,3-4,7-8H2,1-2H3. The predicted molar refractivity (Wildman–Crippen MR) is 87.2 cm³/mol. The summed E-state index contributed by atoms with van der Waals surface area (Å²) in [5, 5.41) is 20.3. The molecule has 1 aromatic carbocycles. The Morgan fingerprint density at radius 1 is 1.41 bits per heavy atom. The van der Waals surface area contributed by atoms with Gasteiger partial charge in [-0.05, 0) is 31.0 Å². The number of aliphatic hydroxyl groups is 1. The molecule has 0 fully saturated rings. The van der Waals surface area contributed by atoms with Gasteiger partial charge in [-0.2, -0.15) is 0 Å². The lowest BCUT2D eigenvalue weighted by molar-refractivity contribution is 0.0466. The number of halogens is 1. The molecule has 0 bridgehead atoms. The Morgan fingerprint density at radius 3 is 2.91 bits per heavy atom. The van der Waals surface area contributed by atoms with Gasteiger partial charge in [0, 0.05) is 23.6 Å². The summed E-state index contributed by atoms with van der Waals surface area (Å²) in [4.78, 5) is 4.16. The molecule has 1 heterocycles. The Morgan fingerprint density at radius 2 is 2.18 bits per heavy atom. The fourth-order valence-corrected chi connectivity index (χ4v) is 2.71. The van der Waals surface area contributed by atoms with Gasteiger partial charge >= 0.3 is 0 Å². The summed E-state index contributed by atoms with van der Waals surface area (Å²) in [6, 6.07) is 6.41. The van der Waals surface area contributed by atoms with Crippen molar-refractivity contribution < 1.29 is 9.50 Å². The predicted octanol–water partition coefficient (Wildman–Crippen LogP) is 3.94. The number of hydrogen-bond donors (Lipinski definition) is 1. The van der Waals surface area contributed by atoms with E-state index in [2.05, 4.69) is 11.0 Å². The van der Waals surface area contributed by atoms with Crippen LogP contribution in [0.2, 0.25) is 13.1 Å². The van der Waals surface area contributed by atoms with Crippen LogP contribution in [-0.4, -0.2) is 16.8 Å². The maximum absolute atomic E-state index is 13.8. The first-order valence-electron chi connectivity index (χ1n) is 7.61. The minimum Gasteiger partial charge on any atom is -0.385 e. The first kappa shape index (κ1) is 16.4. The highest BCUT2D eigenvalue weighted by molar-refractivity contribution is 6.65. The van der Waals surface area contributed by atoms with E-state index in [1.165, 1.54) is 12.1 Å². The molecule has 0 spiro atoms. The average molecular weight is 298 g/mol. The van der Waals surface area contributed by atoms with Crippen LogP contribution in [-0.2, 0) is 5.60 Å². The number of aromatic nitrogens is 1. The normalized spacial score (nSPS) is 13.6. The highest BCUT2D eigenvalue weighted by Crippen LogP contribution is 2.33. The molecule has 0 aliphatic rings. The molecule has 0 amide bonds. The summed E-state index contributed by atoms with van der Waals surface area (Å²) in [5.74, 6) is 1.82. The SMILES string of the molecule is CB(C#N)CCCCC(C)(O)c1cc(F)cc2ncccc12. The molecule has 5 heteroatoms. The Hall–Kier alpha value is -1.93. The first-order chi connectivity index (χ1) is 10.4. The number of hydrogen-bond acceptors (Lipinski definition) is 3. The monoisotopic (exact) mass is 298 g/mol. The molecule has 0 saturated heterocycles. The second kappa shape index (κ2) is 6.89. The first-order valence-corrected chi connectivity index (χ1v) is 7.61. The van der Waals surface area contributed by atoms with Gasteiger partial charge in [0.2, 0.25) is 0 Å². The van der Waals surface area contributed by atoms with Crippen molar-refractivity contribution in [1.82, 2.24) is 4.98 Å². The van der Waals surface area contributed by atoms with Crippen LogP contribution in [0.1, 0.15) is 31.7 Å². The third-order valence-corrected chi connectivity index (χ3v) is 4.04. The van der Waals surface area contributed by atoms with Gasteiger partial charge in [0.15, 0.2) is 0 Å². The minimum atomic E-state index is -1.11. The quantitative estimate of drug-likeness (QED) is 0.649. The van der Waals surface area contributed by atoms with Crippen LogP contribution in [0.3, 0.4) is 0 Å². The molecule has 1 unspecified atom stereocenters. The average Bonchev–Trinajstić information content (AvgIpc) is 2.50. The summed E-state index contributed by atoms with van der Waals surface area (Å²) in [7, 11) is 0. The second-order valence-electron chi connectivity index (χ2n) is 6.07. The topological polar surface area (TPSA) is 56.9 Å². The van der Waals surface area contributed by atoms with Crippen molar-refractivity contribution in [3.8, 4) is 5.97 Å². The Labute approximate surface area is 130 Å². The van der Waals surface area contributed by atoms with Crippen molar-refractivity contribution in [2.75, 3.05) is 0 Å². The summed E-state index contributed by atoms with van der Waals surface area (Å²) in [6.45, 7) is 3.63. The number of nitrogens with zero attached hydrogens (tertiary/aromatic N) is 2. The molecule has 3 nitrogen and oxygen atoms in total. The number of fused-ring (bicyclic) bond motifs is 1. The van der Waals surface area contributed by atoms with E-state index < -0.39 is 5.60 Å². The van der Waals surface area contributed by atoms with Crippen molar-refractivity contribution >= 4 is 17.6 Å². The molecule has 0 aliphatic carbocycles. The van der Waals surface area contributed by atoms with Crippen LogP contribution in [0.4, 0.5) is 4.39 Å². The number of unbranched alkanes of at least 4 members (excludes halogenated alkanes) is 1. The van der Waals surface area contributed by atoms with Gasteiger partial charge in [-0.15, -0.1) is 0 Å². The highest BCUT2D eigenvalue weighted by atomic mass is 19.1. The lowest BCUT2D eigenvalue weighted by Crippen LogP contribution is -2.22. The van der Waals surface area contributed by atoms with Crippen molar-refractivity contribution in [1.29, 1.82) is 5.26 Å². The molecule has 1 N–H and O–H groups in total. The van der Waals surface area contributed by atoms with E-state index >= 15 is 0 Å². The second-order valence-corrected chi connectivity index (χ2v) is 6.07.